The molecule has 32 heavy (non-hydrogen) atoms. The quantitative estimate of drug-likeness (QED) is 0.127. The first kappa shape index (κ1) is 28.7. The summed E-state index contributed by atoms with van der Waals surface area (Å²) in [4.78, 5) is 70.6. The van der Waals surface area contributed by atoms with Gasteiger partial charge in [0, 0.05) is 0 Å². The first-order chi connectivity index (χ1) is 14.6. The van der Waals surface area contributed by atoms with E-state index in [2.05, 4.69) is 10.6 Å². The van der Waals surface area contributed by atoms with Gasteiger partial charge in [-0.05, 0) is 19.3 Å². The summed E-state index contributed by atoms with van der Waals surface area (Å²) in [6, 6.07) is -5.98. The fourth-order valence-corrected chi connectivity index (χ4v) is 2.59. The van der Waals surface area contributed by atoms with E-state index in [1.165, 1.54) is 0 Å². The van der Waals surface area contributed by atoms with Crippen LogP contribution in [-0.4, -0.2) is 81.2 Å². The number of carbonyl (C=O) groups is 6. The Bertz CT molecular complexity index is 726. The Morgan fingerprint density at radius 2 is 1.31 bits per heavy atom. The minimum Gasteiger partial charge on any atom is -0.481 e. The van der Waals surface area contributed by atoms with Crippen LogP contribution in [-0.2, 0) is 28.8 Å². The minimum atomic E-state index is -1.71. The lowest BCUT2D eigenvalue weighted by Gasteiger charge is -2.26. The summed E-state index contributed by atoms with van der Waals surface area (Å²) in [5.41, 5.74) is 10.6. The van der Waals surface area contributed by atoms with Crippen LogP contribution >= 0.6 is 0 Å². The van der Waals surface area contributed by atoms with Crippen LogP contribution in [0, 0.1) is 5.92 Å². The lowest BCUT2D eigenvalue weighted by Crippen LogP contribution is -2.59. The van der Waals surface area contributed by atoms with Gasteiger partial charge in [-0.1, -0.05) is 13.8 Å². The molecule has 0 aromatic rings. The summed E-state index contributed by atoms with van der Waals surface area (Å²) in [6.07, 6.45) is -2.77. The van der Waals surface area contributed by atoms with Crippen molar-refractivity contribution in [3.05, 3.63) is 0 Å². The molecule has 0 radical (unpaired) electrons. The van der Waals surface area contributed by atoms with Crippen molar-refractivity contribution < 1.29 is 44.1 Å². The number of amides is 4. The molecule has 14 heteroatoms. The maximum atomic E-state index is 12.7. The molecular weight excluding hydrogens is 430 g/mol. The van der Waals surface area contributed by atoms with Gasteiger partial charge >= 0.3 is 11.9 Å². The van der Waals surface area contributed by atoms with Crippen LogP contribution in [0.3, 0.4) is 0 Å². The number of aliphatic hydroxyl groups excluding tert-OH is 1. The van der Waals surface area contributed by atoms with E-state index in [4.69, 9.17) is 21.7 Å². The predicted octanol–water partition coefficient (Wildman–Crippen LogP) is -3.37. The molecule has 0 bridgehead atoms. The molecule has 4 amide bonds. The van der Waals surface area contributed by atoms with Crippen LogP contribution in [0.25, 0.3) is 0 Å². The molecule has 182 valence electrons. The van der Waals surface area contributed by atoms with Crippen LogP contribution in [0.2, 0.25) is 0 Å². The van der Waals surface area contributed by atoms with E-state index in [9.17, 15) is 33.9 Å². The van der Waals surface area contributed by atoms with Crippen LogP contribution in [0.1, 0.15) is 40.0 Å². The van der Waals surface area contributed by atoms with Gasteiger partial charge in [0.15, 0.2) is 6.04 Å². The Morgan fingerprint density at radius 3 is 1.72 bits per heavy atom. The largest absolute Gasteiger partial charge is 0.481 e. The van der Waals surface area contributed by atoms with Crippen LogP contribution in [0.4, 0.5) is 0 Å². The normalized spacial score (nSPS) is 15.6. The van der Waals surface area contributed by atoms with Gasteiger partial charge in [0.1, 0.15) is 12.1 Å². The average Bonchev–Trinajstić information content (AvgIpc) is 2.62. The number of hydrogen-bond donors (Lipinski definition) is 8. The first-order valence-corrected chi connectivity index (χ1v) is 9.73. The zero-order chi connectivity index (χ0) is 25.2. The number of rotatable bonds is 14. The van der Waals surface area contributed by atoms with Crippen molar-refractivity contribution in [3.8, 4) is 0 Å². The van der Waals surface area contributed by atoms with E-state index < -0.39 is 78.7 Å². The second kappa shape index (κ2) is 13.2. The molecule has 0 aliphatic carbocycles. The standard InChI is InChI=1S/C18H31N5O9/c1-7(2)4-10(21-15(28)9(19)5-13(26)27)16(29)22-11(6-12(20)25)17(30)23-14(8(3)24)18(31)32/h7-11,14,24H,4-6,19H2,1-3H3,(H2,20,25)(H,21,28)(H,22,29)(H,23,30)(H,26,27)(H,31,32). The zero-order valence-electron chi connectivity index (χ0n) is 18.0. The lowest BCUT2D eigenvalue weighted by atomic mass is 10.0. The highest BCUT2D eigenvalue weighted by atomic mass is 16.4. The molecule has 0 fully saturated rings. The second-order valence-corrected chi connectivity index (χ2v) is 7.69. The highest BCUT2D eigenvalue weighted by molar-refractivity contribution is 5.96. The van der Waals surface area contributed by atoms with Gasteiger partial charge in [0.25, 0.3) is 0 Å². The molecule has 14 nitrogen and oxygen atoms in total. The number of carboxylic acids is 2. The fourth-order valence-electron chi connectivity index (χ4n) is 2.59. The Hall–Kier alpha value is -3.26. The van der Waals surface area contributed by atoms with Gasteiger partial charge in [0.2, 0.25) is 23.6 Å². The average molecular weight is 461 g/mol. The predicted molar refractivity (Wildman–Crippen MR) is 109 cm³/mol. The van der Waals surface area contributed by atoms with Crippen molar-refractivity contribution in [1.82, 2.24) is 16.0 Å². The Labute approximate surface area is 184 Å². The molecule has 0 saturated carbocycles. The zero-order valence-corrected chi connectivity index (χ0v) is 18.0. The lowest BCUT2D eigenvalue weighted by molar-refractivity contribution is -0.145. The van der Waals surface area contributed by atoms with E-state index in [1.807, 2.05) is 5.32 Å². The molecule has 0 spiro atoms. The van der Waals surface area contributed by atoms with Gasteiger partial charge in [-0.2, -0.15) is 0 Å². The van der Waals surface area contributed by atoms with E-state index in [1.54, 1.807) is 13.8 Å². The fraction of sp³-hybridized carbons (Fsp3) is 0.667. The Morgan fingerprint density at radius 1 is 0.812 bits per heavy atom. The highest BCUT2D eigenvalue weighted by Crippen LogP contribution is 2.07. The topological polar surface area (TPSA) is 251 Å². The Kier molecular flexibility index (Phi) is 11.9. The molecule has 0 saturated heterocycles. The van der Waals surface area contributed by atoms with Gasteiger partial charge in [-0.25, -0.2) is 4.79 Å². The highest BCUT2D eigenvalue weighted by Gasteiger charge is 2.33. The number of hydrogen-bond acceptors (Lipinski definition) is 8. The van der Waals surface area contributed by atoms with Crippen molar-refractivity contribution in [2.45, 2.75) is 70.3 Å². The van der Waals surface area contributed by atoms with Crippen molar-refractivity contribution in [3.63, 3.8) is 0 Å². The van der Waals surface area contributed by atoms with E-state index in [0.717, 1.165) is 6.92 Å². The molecule has 10 N–H and O–H groups in total. The van der Waals surface area contributed by atoms with Crippen molar-refractivity contribution in [2.24, 2.45) is 17.4 Å². The summed E-state index contributed by atoms with van der Waals surface area (Å²) in [6.45, 7) is 4.59. The molecular formula is C18H31N5O9. The molecule has 0 aliphatic heterocycles. The first-order valence-electron chi connectivity index (χ1n) is 9.73. The molecule has 0 rings (SSSR count). The third-order valence-corrected chi connectivity index (χ3v) is 4.16. The minimum absolute atomic E-state index is 0.0771. The van der Waals surface area contributed by atoms with Crippen LogP contribution in [0.5, 0.6) is 0 Å². The summed E-state index contributed by atoms with van der Waals surface area (Å²) in [5, 5.41) is 33.9. The van der Waals surface area contributed by atoms with Crippen LogP contribution < -0.4 is 27.4 Å². The Balaban J connectivity index is 5.53. The van der Waals surface area contributed by atoms with Crippen molar-refractivity contribution in [2.75, 3.05) is 0 Å². The number of carbonyl (C=O) groups excluding carboxylic acids is 4. The second-order valence-electron chi connectivity index (χ2n) is 7.69. The smallest absolute Gasteiger partial charge is 0.328 e. The maximum Gasteiger partial charge on any atom is 0.328 e. The van der Waals surface area contributed by atoms with Gasteiger partial charge in [-0.15, -0.1) is 0 Å². The van der Waals surface area contributed by atoms with E-state index in [-0.39, 0.29) is 12.3 Å². The molecule has 0 aromatic carbocycles. The van der Waals surface area contributed by atoms with Gasteiger partial charge in [0.05, 0.1) is 25.0 Å². The third kappa shape index (κ3) is 10.7. The molecule has 0 heterocycles. The number of aliphatic carboxylic acids is 2. The monoisotopic (exact) mass is 461 g/mol. The van der Waals surface area contributed by atoms with Crippen LogP contribution in [0.15, 0.2) is 0 Å². The molecule has 5 unspecified atom stereocenters. The van der Waals surface area contributed by atoms with Crippen molar-refractivity contribution in [1.29, 1.82) is 0 Å². The number of nitrogens with one attached hydrogen (secondary N) is 3. The van der Waals surface area contributed by atoms with Crippen molar-refractivity contribution >= 4 is 35.6 Å². The van der Waals surface area contributed by atoms with E-state index in [0.29, 0.717) is 0 Å². The van der Waals surface area contributed by atoms with E-state index >= 15 is 0 Å². The summed E-state index contributed by atoms with van der Waals surface area (Å²) >= 11 is 0. The molecule has 5 atom stereocenters. The third-order valence-electron chi connectivity index (χ3n) is 4.16. The number of aliphatic hydroxyl groups is 1. The summed E-state index contributed by atoms with van der Waals surface area (Å²) < 4.78 is 0. The van der Waals surface area contributed by atoms with Gasteiger partial charge < -0.3 is 42.7 Å². The number of nitrogens with two attached hydrogens (primary N) is 2. The maximum absolute atomic E-state index is 12.7. The summed E-state index contributed by atoms with van der Waals surface area (Å²) in [5.74, 6) is -6.89. The number of primary amides is 1. The number of carboxylic acid groups (broad SMARTS) is 2. The van der Waals surface area contributed by atoms with Gasteiger partial charge in [-0.3, -0.25) is 24.0 Å². The molecule has 0 aromatic heterocycles. The molecule has 0 aliphatic rings. The summed E-state index contributed by atoms with van der Waals surface area (Å²) in [7, 11) is 0. The SMILES string of the molecule is CC(C)CC(NC(=O)C(N)CC(=O)O)C(=O)NC(CC(N)=O)C(=O)NC(C(=O)O)C(C)O.